The summed E-state index contributed by atoms with van der Waals surface area (Å²) in [4.78, 5) is 37.3. The maximum atomic E-state index is 14.0. The van der Waals surface area contributed by atoms with Gasteiger partial charge in [-0.3, -0.25) is 14.2 Å². The van der Waals surface area contributed by atoms with Crippen molar-refractivity contribution in [1.29, 1.82) is 0 Å². The van der Waals surface area contributed by atoms with Crippen LogP contribution in [0.3, 0.4) is 0 Å². The Bertz CT molecular complexity index is 1560. The van der Waals surface area contributed by atoms with Crippen molar-refractivity contribution in [1.82, 2.24) is 9.47 Å². The smallest absolute Gasteiger partial charge is 0.271 e. The highest BCUT2D eigenvalue weighted by atomic mass is 32.1. The number of piperidine rings is 1. The van der Waals surface area contributed by atoms with E-state index in [-0.39, 0.29) is 11.5 Å². The van der Waals surface area contributed by atoms with Crippen LogP contribution in [0.4, 0.5) is 5.69 Å². The van der Waals surface area contributed by atoms with Crippen molar-refractivity contribution in [3.8, 4) is 5.75 Å². The fourth-order valence-corrected chi connectivity index (χ4v) is 6.59. The number of benzene rings is 2. The number of carbonyl (C=O) groups excluding carboxylic acids is 1. The predicted octanol–water partition coefficient (Wildman–Crippen LogP) is 4.10. The number of rotatable bonds is 7. The number of fused-ring (bicyclic) bond motifs is 1. The van der Waals surface area contributed by atoms with Gasteiger partial charge >= 0.3 is 0 Å². The number of para-hydroxylation sites is 1. The minimum atomic E-state index is -0.630. The van der Waals surface area contributed by atoms with E-state index in [2.05, 4.69) is 29.2 Å². The Kier molecular flexibility index (Phi) is 8.02. The highest BCUT2D eigenvalue weighted by Crippen LogP contribution is 2.36. The summed E-state index contributed by atoms with van der Waals surface area (Å²) in [5.74, 6) is 0.518. The molecule has 1 saturated heterocycles. The van der Waals surface area contributed by atoms with Crippen LogP contribution in [0.15, 0.2) is 69.6 Å². The zero-order chi connectivity index (χ0) is 27.5. The standard InChI is InChI=1S/C31H36N4O3S/c1-5-33(6-2)30(37)27-21(3)32-31-35(28(27)24-12-8-9-13-25(24)38-4)29(36)26(39-31)20-22-14-16-23(17-15-22)34-18-10-7-11-19-34/h8-9,12-17,20,28H,5-7,10-11,18-19H2,1-4H3/b26-20-/t28-/m1/s1. The Hall–Kier alpha value is -3.65. The molecule has 1 fully saturated rings. The summed E-state index contributed by atoms with van der Waals surface area (Å²) in [5.41, 5.74) is 3.93. The number of allylic oxidation sites excluding steroid dienone is 1. The van der Waals surface area contributed by atoms with Crippen LogP contribution in [0.5, 0.6) is 5.75 Å². The van der Waals surface area contributed by atoms with Crippen LogP contribution in [0.25, 0.3) is 6.08 Å². The fourth-order valence-electron chi connectivity index (χ4n) is 5.55. The molecule has 204 valence electrons. The summed E-state index contributed by atoms with van der Waals surface area (Å²) in [6.45, 7) is 9.10. The highest BCUT2D eigenvalue weighted by molar-refractivity contribution is 7.07. The molecule has 2 aliphatic heterocycles. The van der Waals surface area contributed by atoms with Gasteiger partial charge in [-0.1, -0.05) is 41.7 Å². The molecule has 5 rings (SSSR count). The molecule has 0 N–H and O–H groups in total. The Morgan fingerprint density at radius 1 is 1.08 bits per heavy atom. The van der Waals surface area contributed by atoms with E-state index in [0.717, 1.165) is 24.2 Å². The van der Waals surface area contributed by atoms with E-state index >= 15 is 0 Å². The van der Waals surface area contributed by atoms with Crippen LogP contribution in [0.1, 0.15) is 57.2 Å². The SMILES string of the molecule is CCN(CC)C(=O)C1=C(C)N=c2s/c(=C\c3ccc(N4CCCCC4)cc3)c(=O)n2[C@@H]1c1ccccc1OC. The number of ether oxygens (including phenoxy) is 1. The van der Waals surface area contributed by atoms with Gasteiger partial charge < -0.3 is 14.5 Å². The molecule has 7 nitrogen and oxygen atoms in total. The first kappa shape index (κ1) is 26.9. The molecule has 0 unspecified atom stereocenters. The number of anilines is 1. The summed E-state index contributed by atoms with van der Waals surface area (Å²) < 4.78 is 7.95. The lowest BCUT2D eigenvalue weighted by Gasteiger charge is -2.29. The second-order valence-electron chi connectivity index (χ2n) is 9.94. The Labute approximate surface area is 233 Å². The lowest BCUT2D eigenvalue weighted by molar-refractivity contribution is -0.127. The molecule has 2 aliphatic rings. The highest BCUT2D eigenvalue weighted by Gasteiger charge is 2.35. The van der Waals surface area contributed by atoms with Gasteiger partial charge in [0.25, 0.3) is 11.5 Å². The van der Waals surface area contributed by atoms with Crippen molar-refractivity contribution in [3.05, 3.63) is 90.6 Å². The van der Waals surface area contributed by atoms with Gasteiger partial charge in [-0.25, -0.2) is 4.99 Å². The number of thiazole rings is 1. The van der Waals surface area contributed by atoms with Gasteiger partial charge in [-0.15, -0.1) is 0 Å². The van der Waals surface area contributed by atoms with Gasteiger partial charge in [0.15, 0.2) is 4.80 Å². The molecule has 1 amide bonds. The van der Waals surface area contributed by atoms with Crippen molar-refractivity contribution >= 4 is 29.0 Å². The average Bonchev–Trinajstić information content (AvgIpc) is 3.27. The molecule has 0 radical (unpaired) electrons. The van der Waals surface area contributed by atoms with E-state index in [0.29, 0.717) is 39.4 Å². The normalized spacial score (nSPS) is 17.6. The van der Waals surface area contributed by atoms with E-state index in [9.17, 15) is 9.59 Å². The maximum absolute atomic E-state index is 14.0. The van der Waals surface area contributed by atoms with Crippen LogP contribution in [0, 0.1) is 0 Å². The monoisotopic (exact) mass is 544 g/mol. The van der Waals surface area contributed by atoms with E-state index in [1.54, 1.807) is 16.6 Å². The maximum Gasteiger partial charge on any atom is 0.271 e. The topological polar surface area (TPSA) is 67.1 Å². The lowest BCUT2D eigenvalue weighted by Crippen LogP contribution is -2.43. The van der Waals surface area contributed by atoms with Gasteiger partial charge in [0.2, 0.25) is 0 Å². The van der Waals surface area contributed by atoms with E-state index < -0.39 is 6.04 Å². The number of methoxy groups -OCH3 is 1. The number of aromatic nitrogens is 1. The van der Waals surface area contributed by atoms with Crippen LogP contribution >= 0.6 is 11.3 Å². The number of likely N-dealkylation sites (N-methyl/N-ethyl adjacent to an activating group) is 1. The molecule has 3 heterocycles. The molecular formula is C31H36N4O3S. The summed E-state index contributed by atoms with van der Waals surface area (Å²) >= 11 is 1.36. The molecule has 3 aromatic rings. The Balaban J connectivity index is 1.62. The number of amides is 1. The fraction of sp³-hybridized carbons (Fsp3) is 0.387. The van der Waals surface area contributed by atoms with E-state index in [1.807, 2.05) is 51.1 Å². The molecule has 0 bridgehead atoms. The molecule has 39 heavy (non-hydrogen) atoms. The molecule has 8 heteroatoms. The van der Waals surface area contributed by atoms with Gasteiger partial charge in [-0.05, 0) is 69.9 Å². The summed E-state index contributed by atoms with van der Waals surface area (Å²) in [6, 6.07) is 15.4. The number of hydrogen-bond acceptors (Lipinski definition) is 6. The number of hydrogen-bond donors (Lipinski definition) is 0. The third-order valence-corrected chi connectivity index (χ3v) is 8.63. The minimum Gasteiger partial charge on any atom is -0.496 e. The molecule has 1 atom stereocenters. The van der Waals surface area contributed by atoms with E-state index in [4.69, 9.17) is 9.73 Å². The third-order valence-electron chi connectivity index (χ3n) is 7.65. The van der Waals surface area contributed by atoms with Gasteiger partial charge in [0.05, 0.1) is 22.9 Å². The Morgan fingerprint density at radius 2 is 1.77 bits per heavy atom. The first-order valence-electron chi connectivity index (χ1n) is 13.8. The molecule has 0 aliphatic carbocycles. The van der Waals surface area contributed by atoms with Crippen LogP contribution in [-0.4, -0.2) is 48.7 Å². The van der Waals surface area contributed by atoms with Gasteiger partial charge in [0.1, 0.15) is 11.8 Å². The zero-order valence-electron chi connectivity index (χ0n) is 23.1. The van der Waals surface area contributed by atoms with Crippen molar-refractivity contribution in [3.63, 3.8) is 0 Å². The second-order valence-corrected chi connectivity index (χ2v) is 10.9. The minimum absolute atomic E-state index is 0.111. The van der Waals surface area contributed by atoms with Gasteiger partial charge in [-0.2, -0.15) is 0 Å². The van der Waals surface area contributed by atoms with Crippen LogP contribution in [-0.2, 0) is 4.79 Å². The second kappa shape index (κ2) is 11.6. The first-order chi connectivity index (χ1) is 19.0. The quantitative estimate of drug-likeness (QED) is 0.449. The zero-order valence-corrected chi connectivity index (χ0v) is 24.0. The largest absolute Gasteiger partial charge is 0.496 e. The van der Waals surface area contributed by atoms with Gasteiger partial charge in [0, 0.05) is 37.4 Å². The molecule has 0 spiro atoms. The van der Waals surface area contributed by atoms with Crippen LogP contribution < -0.4 is 24.5 Å². The van der Waals surface area contributed by atoms with Crippen molar-refractivity contribution in [2.24, 2.45) is 4.99 Å². The summed E-state index contributed by atoms with van der Waals surface area (Å²) in [5, 5.41) is 0. The van der Waals surface area contributed by atoms with Crippen molar-refractivity contribution in [2.75, 3.05) is 38.2 Å². The molecule has 1 aromatic heterocycles. The predicted molar refractivity (Wildman–Crippen MR) is 157 cm³/mol. The Morgan fingerprint density at radius 3 is 2.44 bits per heavy atom. The molecule has 0 saturated carbocycles. The number of nitrogens with zero attached hydrogens (tertiary/aromatic N) is 4. The average molecular weight is 545 g/mol. The molecule has 2 aromatic carbocycles. The summed E-state index contributed by atoms with van der Waals surface area (Å²) in [6.07, 6.45) is 5.68. The van der Waals surface area contributed by atoms with E-state index in [1.165, 1.54) is 36.3 Å². The number of carbonyl (C=O) groups is 1. The molecular weight excluding hydrogens is 508 g/mol. The van der Waals surface area contributed by atoms with Crippen LogP contribution in [0.2, 0.25) is 0 Å². The summed E-state index contributed by atoms with van der Waals surface area (Å²) in [7, 11) is 1.61. The lowest BCUT2D eigenvalue weighted by atomic mass is 9.94. The third kappa shape index (κ3) is 5.17. The van der Waals surface area contributed by atoms with Crippen molar-refractivity contribution in [2.45, 2.75) is 46.1 Å². The first-order valence-corrected chi connectivity index (χ1v) is 14.6. The van der Waals surface area contributed by atoms with Crippen molar-refractivity contribution < 1.29 is 9.53 Å².